The molecule has 0 N–H and O–H groups in total. The smallest absolute Gasteiger partial charge is 0.254 e. The van der Waals surface area contributed by atoms with Gasteiger partial charge in [0.25, 0.3) is 5.91 Å². The third-order valence-corrected chi connectivity index (χ3v) is 5.58. The highest BCUT2D eigenvalue weighted by molar-refractivity contribution is 8.12. The summed E-state index contributed by atoms with van der Waals surface area (Å²) in [4.78, 5) is 25.9. The minimum Gasteiger partial charge on any atom is -0.489 e. The molecule has 0 aromatic heterocycles. The first-order valence-electron chi connectivity index (χ1n) is 9.18. The van der Waals surface area contributed by atoms with Crippen molar-refractivity contribution in [1.29, 1.82) is 0 Å². The number of hydrogen-bond donors (Lipinski definition) is 0. The van der Waals surface area contributed by atoms with Crippen LogP contribution >= 0.6 is 11.8 Å². The minimum atomic E-state index is -0.00484. The molecule has 1 aliphatic rings. The zero-order valence-electron chi connectivity index (χ0n) is 16.0. The van der Waals surface area contributed by atoms with Gasteiger partial charge in [0.1, 0.15) is 11.9 Å². The number of hydrogen-bond acceptors (Lipinski definition) is 4. The average molecular weight is 384 g/mol. The van der Waals surface area contributed by atoms with Crippen LogP contribution in [-0.2, 0) is 10.5 Å². The molecule has 1 saturated heterocycles. The number of thioether (sulfide) groups is 1. The molecule has 5 heteroatoms. The van der Waals surface area contributed by atoms with E-state index in [1.165, 1.54) is 11.8 Å². The lowest BCUT2D eigenvalue weighted by Gasteiger charge is -2.19. The van der Waals surface area contributed by atoms with Crippen LogP contribution in [0.15, 0.2) is 42.5 Å². The van der Waals surface area contributed by atoms with E-state index >= 15 is 0 Å². The Morgan fingerprint density at radius 3 is 2.78 bits per heavy atom. The van der Waals surface area contributed by atoms with E-state index in [1.54, 1.807) is 6.92 Å². The first-order chi connectivity index (χ1) is 12.9. The van der Waals surface area contributed by atoms with Crippen molar-refractivity contribution in [3.63, 3.8) is 0 Å². The van der Waals surface area contributed by atoms with Gasteiger partial charge in [-0.3, -0.25) is 9.59 Å². The van der Waals surface area contributed by atoms with E-state index in [2.05, 4.69) is 0 Å². The van der Waals surface area contributed by atoms with Gasteiger partial charge in [0.15, 0.2) is 5.12 Å². The second-order valence-electron chi connectivity index (χ2n) is 7.03. The van der Waals surface area contributed by atoms with E-state index in [0.717, 1.165) is 34.4 Å². The van der Waals surface area contributed by atoms with Crippen molar-refractivity contribution in [2.24, 2.45) is 0 Å². The summed E-state index contributed by atoms with van der Waals surface area (Å²) in [5.41, 5.74) is 3.94. The van der Waals surface area contributed by atoms with Crippen LogP contribution < -0.4 is 4.74 Å². The Labute approximate surface area is 164 Å². The predicted molar refractivity (Wildman–Crippen MR) is 109 cm³/mol. The van der Waals surface area contributed by atoms with Crippen molar-refractivity contribution in [2.75, 3.05) is 13.1 Å². The molecule has 0 saturated carbocycles. The fourth-order valence-corrected chi connectivity index (χ4v) is 3.78. The number of rotatable bonds is 5. The monoisotopic (exact) mass is 383 g/mol. The van der Waals surface area contributed by atoms with Gasteiger partial charge in [0.05, 0.1) is 6.54 Å². The summed E-state index contributed by atoms with van der Waals surface area (Å²) < 4.78 is 6.10. The Morgan fingerprint density at radius 1 is 1.19 bits per heavy atom. The highest BCUT2D eigenvalue weighted by atomic mass is 32.2. The van der Waals surface area contributed by atoms with Gasteiger partial charge in [0.2, 0.25) is 0 Å². The summed E-state index contributed by atoms with van der Waals surface area (Å²) in [5.74, 6) is 1.52. The average Bonchev–Trinajstić information content (AvgIpc) is 3.10. The Hall–Kier alpha value is -2.27. The summed E-state index contributed by atoms with van der Waals surface area (Å²) in [6, 6.07) is 13.8. The summed E-state index contributed by atoms with van der Waals surface area (Å²) in [6.07, 6.45) is 0.818. The van der Waals surface area contributed by atoms with E-state index in [1.807, 2.05) is 61.2 Å². The molecule has 0 unspecified atom stereocenters. The number of likely N-dealkylation sites (tertiary alicyclic amines) is 1. The molecule has 3 rings (SSSR count). The number of benzene rings is 2. The lowest BCUT2D eigenvalue weighted by molar-refractivity contribution is -0.109. The van der Waals surface area contributed by atoms with Crippen LogP contribution in [0.3, 0.4) is 0 Å². The maximum atomic E-state index is 12.9. The lowest BCUT2D eigenvalue weighted by atomic mass is 10.0. The standard InChI is InChI=1S/C22H25NO3S/c1-15-7-8-16(2)21(11-15)22(25)23-10-9-20(13-23)26-19-6-4-5-18(12-19)14-27-17(3)24/h4-8,11-12,20H,9-10,13-14H2,1-3H3/t20-/m0/s1. The highest BCUT2D eigenvalue weighted by Crippen LogP contribution is 2.23. The van der Waals surface area contributed by atoms with Gasteiger partial charge in [-0.05, 0) is 43.2 Å². The third kappa shape index (κ3) is 5.13. The fraction of sp³-hybridized carbons (Fsp3) is 0.364. The molecule has 0 radical (unpaired) electrons. The first kappa shape index (κ1) is 19.5. The summed E-state index contributed by atoms with van der Waals surface area (Å²) >= 11 is 1.29. The number of carbonyl (C=O) groups is 2. The van der Waals surface area contributed by atoms with E-state index in [0.29, 0.717) is 18.8 Å². The normalized spacial score (nSPS) is 16.4. The predicted octanol–water partition coefficient (Wildman–Crippen LogP) is 4.38. The van der Waals surface area contributed by atoms with Gasteiger partial charge in [-0.15, -0.1) is 0 Å². The molecule has 142 valence electrons. The van der Waals surface area contributed by atoms with Crippen molar-refractivity contribution in [2.45, 2.75) is 39.0 Å². The van der Waals surface area contributed by atoms with Crippen molar-refractivity contribution >= 4 is 22.8 Å². The van der Waals surface area contributed by atoms with Crippen LogP contribution in [0.4, 0.5) is 0 Å². The maximum absolute atomic E-state index is 12.9. The van der Waals surface area contributed by atoms with E-state index in [4.69, 9.17) is 4.74 Å². The molecule has 27 heavy (non-hydrogen) atoms. The van der Waals surface area contributed by atoms with Crippen molar-refractivity contribution < 1.29 is 14.3 Å². The van der Waals surface area contributed by atoms with Crippen LogP contribution in [0.1, 0.15) is 40.4 Å². The number of amides is 1. The minimum absolute atomic E-state index is 0.00484. The van der Waals surface area contributed by atoms with Gasteiger partial charge < -0.3 is 9.64 Å². The van der Waals surface area contributed by atoms with Crippen molar-refractivity contribution in [3.05, 3.63) is 64.7 Å². The van der Waals surface area contributed by atoms with E-state index < -0.39 is 0 Å². The van der Waals surface area contributed by atoms with Gasteiger partial charge in [0, 0.05) is 31.2 Å². The van der Waals surface area contributed by atoms with Gasteiger partial charge in [-0.2, -0.15) is 0 Å². The molecule has 2 aromatic carbocycles. The third-order valence-electron chi connectivity index (χ3n) is 4.70. The van der Waals surface area contributed by atoms with Crippen LogP contribution in [0.2, 0.25) is 0 Å². The molecule has 1 amide bonds. The largest absolute Gasteiger partial charge is 0.489 e. The highest BCUT2D eigenvalue weighted by Gasteiger charge is 2.29. The molecule has 1 fully saturated rings. The zero-order valence-corrected chi connectivity index (χ0v) is 16.8. The molecule has 4 nitrogen and oxygen atoms in total. The number of aryl methyl sites for hydroxylation is 2. The van der Waals surface area contributed by atoms with Crippen LogP contribution in [0, 0.1) is 13.8 Å². The summed E-state index contributed by atoms with van der Waals surface area (Å²) in [5, 5.41) is 0.109. The van der Waals surface area contributed by atoms with E-state index in [9.17, 15) is 9.59 Å². The van der Waals surface area contributed by atoms with Gasteiger partial charge >= 0.3 is 0 Å². The molecule has 0 bridgehead atoms. The summed E-state index contributed by atoms with van der Waals surface area (Å²) in [7, 11) is 0. The summed E-state index contributed by atoms with van der Waals surface area (Å²) in [6.45, 7) is 6.85. The molecule has 0 spiro atoms. The Balaban J connectivity index is 1.61. The second-order valence-corrected chi connectivity index (χ2v) is 8.18. The van der Waals surface area contributed by atoms with Gasteiger partial charge in [-0.1, -0.05) is 41.6 Å². The molecule has 1 heterocycles. The SMILES string of the molecule is CC(=O)SCc1cccc(O[C@H]2CCN(C(=O)c3cc(C)ccc3C)C2)c1. The van der Waals surface area contributed by atoms with Crippen LogP contribution in [-0.4, -0.2) is 35.1 Å². The lowest BCUT2D eigenvalue weighted by Crippen LogP contribution is -2.31. The molecule has 1 atom stereocenters. The fourth-order valence-electron chi connectivity index (χ4n) is 3.23. The van der Waals surface area contributed by atoms with Crippen molar-refractivity contribution in [1.82, 2.24) is 4.90 Å². The maximum Gasteiger partial charge on any atom is 0.254 e. The molecular weight excluding hydrogens is 358 g/mol. The van der Waals surface area contributed by atoms with Crippen LogP contribution in [0.25, 0.3) is 0 Å². The van der Waals surface area contributed by atoms with Gasteiger partial charge in [-0.25, -0.2) is 0 Å². The number of ether oxygens (including phenoxy) is 1. The Bertz CT molecular complexity index is 849. The molecule has 0 aliphatic carbocycles. The molecular formula is C22H25NO3S. The zero-order chi connectivity index (χ0) is 19.4. The number of carbonyl (C=O) groups excluding carboxylic acids is 2. The topological polar surface area (TPSA) is 46.6 Å². The quantitative estimate of drug-likeness (QED) is 0.769. The Morgan fingerprint density at radius 2 is 2.00 bits per heavy atom. The first-order valence-corrected chi connectivity index (χ1v) is 10.2. The van der Waals surface area contributed by atoms with Crippen molar-refractivity contribution in [3.8, 4) is 5.75 Å². The second kappa shape index (κ2) is 8.61. The number of nitrogens with zero attached hydrogens (tertiary/aromatic N) is 1. The molecule has 2 aromatic rings. The van der Waals surface area contributed by atoms with Crippen LogP contribution in [0.5, 0.6) is 5.75 Å². The molecule has 1 aliphatic heterocycles. The van der Waals surface area contributed by atoms with E-state index in [-0.39, 0.29) is 17.1 Å². The Kier molecular flexibility index (Phi) is 6.22.